The minimum absolute atomic E-state index is 0. The topological polar surface area (TPSA) is 278 Å². The van der Waals surface area contributed by atoms with Crippen LogP contribution in [0.5, 0.6) is 17.2 Å². The van der Waals surface area contributed by atoms with Gasteiger partial charge in [-0.1, -0.05) is 68.3 Å². The van der Waals surface area contributed by atoms with Crippen LogP contribution in [0.1, 0.15) is 41.2 Å². The van der Waals surface area contributed by atoms with Crippen LogP contribution in [-0.4, -0.2) is 85.0 Å². The number of aromatic hydroxyl groups is 1. The molecular formula is C34H51Br2ClN4Ni2O11+2. The number of phenols is 1. The molecular weight excluding hydrogens is 953 g/mol. The third kappa shape index (κ3) is 26.3. The molecule has 0 fully saturated rings. The molecule has 3 aromatic carbocycles. The minimum Gasteiger partial charge on any atom is -0.872 e. The summed E-state index contributed by atoms with van der Waals surface area (Å²) in [6, 6.07) is 14.6. The maximum atomic E-state index is 13.8. The van der Waals surface area contributed by atoms with E-state index in [0.29, 0.717) is 31.7 Å². The van der Waals surface area contributed by atoms with Crippen LogP contribution in [0.4, 0.5) is 0 Å². The predicted molar refractivity (Wildman–Crippen MR) is 190 cm³/mol. The predicted octanol–water partition coefficient (Wildman–Crippen LogP) is -2.96. The monoisotopic (exact) mass is 1000 g/mol. The zero-order chi connectivity index (χ0) is 38.2. The summed E-state index contributed by atoms with van der Waals surface area (Å²) < 4.78 is 35.7. The first-order chi connectivity index (χ1) is 23.2. The average Bonchev–Trinajstić information content (AvgIpc) is 2.99. The smallest absolute Gasteiger partial charge is 0.872 e. The van der Waals surface area contributed by atoms with Crippen molar-refractivity contribution >= 4 is 37.8 Å². The van der Waals surface area contributed by atoms with Gasteiger partial charge < -0.3 is 46.0 Å². The number of hydrogen-bond donors (Lipinski definition) is 1. The molecule has 0 radical (unpaired) electrons. The molecule has 54 heavy (non-hydrogen) atoms. The van der Waals surface area contributed by atoms with Gasteiger partial charge in [-0.3, -0.25) is 9.80 Å². The quantitative estimate of drug-likeness (QED) is 0.118. The van der Waals surface area contributed by atoms with Crippen LogP contribution in [0.3, 0.4) is 0 Å². The van der Waals surface area contributed by atoms with Crippen molar-refractivity contribution in [2.24, 2.45) is 0 Å². The Morgan fingerprint density at radius 3 is 1.43 bits per heavy atom. The normalized spacial score (nSPS) is 10.6. The molecule has 0 heterocycles. The Labute approximate surface area is 356 Å². The number of phenolic OH excluding ortho intramolecular Hbond substituents is 1. The van der Waals surface area contributed by atoms with Gasteiger partial charge in [0.15, 0.2) is 0 Å². The number of nitrogens with zero attached hydrogens (tertiary/aromatic N) is 4. The summed E-state index contributed by atoms with van der Waals surface area (Å²) in [5.74, 6) is -0.722. The van der Waals surface area contributed by atoms with Crippen LogP contribution in [0, 0.1) is 17.2 Å². The van der Waals surface area contributed by atoms with Crippen molar-refractivity contribution < 1.29 is 98.0 Å². The molecule has 20 heteroatoms. The standard InChI is InChI=1S/C31H42Br2N4O3.C3H6O2.ClHO4.2Ni.2H2O/c1-22-14-25(20-36(12-10-34(2)3)18-23-16-27(32)6-8-29(23)38)31(40)26(15-22)21-37(13-11-35(4)5)19-24-17-28(33)7-9-30(24)39;1-2-3(4)5;2-1(3,4)5;;;;/h6-9,14-17,38-40H,10-13,18-21H2,1-5H3;2H2,1H3,(H,4,5);(H,2,3,4,5);;;2*1H2/q;;;2*+2;;/p-2. The number of halogens is 3. The number of carbonyl (C=O) groups excluding carboxylic acids is 1. The number of aryl methyl sites for hydroxylation is 1. The van der Waals surface area contributed by atoms with E-state index >= 15 is 0 Å². The van der Waals surface area contributed by atoms with Crippen molar-refractivity contribution in [2.45, 2.75) is 46.4 Å². The van der Waals surface area contributed by atoms with Crippen LogP contribution in [0.2, 0.25) is 0 Å². The van der Waals surface area contributed by atoms with E-state index in [1.165, 1.54) is 6.92 Å². The number of carbonyl (C=O) groups is 1. The maximum absolute atomic E-state index is 13.8. The van der Waals surface area contributed by atoms with Crippen LogP contribution < -0.4 is 34.0 Å². The molecule has 7 N–H and O–H groups in total. The Kier molecular flexibility index (Phi) is 32.4. The SMILES string of the molecule is CCC(=O)[O-].Cc1cc(CN(CCN(C)C)Cc2cc(Br)ccc2[O-])c([O-])c(CN(CCN(C)C)Cc2cc(Br)ccc2O)c1.[Ni+2].[Ni+2].[O-][Cl+3]([O-])([O-])[O-].[OH3+].[OH3+]. The van der Waals surface area contributed by atoms with E-state index in [1.807, 2.05) is 65.4 Å². The molecule has 312 valence electrons. The molecule has 0 aliphatic carbocycles. The van der Waals surface area contributed by atoms with E-state index in [0.717, 1.165) is 57.4 Å². The van der Waals surface area contributed by atoms with Gasteiger partial charge in [0.05, 0.1) is 0 Å². The van der Waals surface area contributed by atoms with Crippen LogP contribution in [-0.2, 0) is 74.9 Å². The fourth-order valence-corrected chi connectivity index (χ4v) is 5.41. The van der Waals surface area contributed by atoms with Crippen molar-refractivity contribution in [1.29, 1.82) is 0 Å². The average molecular weight is 1000 g/mol. The van der Waals surface area contributed by atoms with Crippen molar-refractivity contribution in [2.75, 3.05) is 54.4 Å². The number of rotatable bonds is 15. The summed E-state index contributed by atoms with van der Waals surface area (Å²) in [4.78, 5) is 17.9. The summed E-state index contributed by atoms with van der Waals surface area (Å²) in [5, 5.41) is 46.1. The summed E-state index contributed by atoms with van der Waals surface area (Å²) in [6.07, 6.45) is 0.111. The van der Waals surface area contributed by atoms with Crippen LogP contribution in [0.15, 0.2) is 57.5 Å². The van der Waals surface area contributed by atoms with Crippen molar-refractivity contribution in [3.63, 3.8) is 0 Å². The van der Waals surface area contributed by atoms with Gasteiger partial charge in [-0.15, -0.1) is 16.0 Å². The Bertz CT molecular complexity index is 1410. The zero-order valence-electron chi connectivity index (χ0n) is 30.9. The summed E-state index contributed by atoms with van der Waals surface area (Å²) in [6.45, 7) is 8.56. The largest absolute Gasteiger partial charge is 2.00 e. The van der Waals surface area contributed by atoms with Crippen molar-refractivity contribution in [3.8, 4) is 17.2 Å². The Balaban J connectivity index is -0.000000791. The van der Waals surface area contributed by atoms with Gasteiger partial charge in [0.2, 0.25) is 0 Å². The van der Waals surface area contributed by atoms with E-state index in [1.54, 1.807) is 18.2 Å². The van der Waals surface area contributed by atoms with Crippen LogP contribution >= 0.6 is 31.9 Å². The van der Waals surface area contributed by atoms with Gasteiger partial charge in [0.1, 0.15) is 5.75 Å². The summed E-state index contributed by atoms with van der Waals surface area (Å²) in [5.41, 5.74) is 4.02. The second-order valence-electron chi connectivity index (χ2n) is 12.1. The van der Waals surface area contributed by atoms with Gasteiger partial charge in [0.25, 0.3) is 0 Å². The molecule has 0 bridgehead atoms. The number of likely N-dealkylation sites (N-methyl/N-ethyl adjacent to an activating group) is 2. The molecule has 3 rings (SSSR count). The molecule has 0 amide bonds. The molecule has 0 spiro atoms. The van der Waals surface area contributed by atoms with Gasteiger partial charge in [-0.05, 0) is 88.6 Å². The first kappa shape index (κ1) is 59.1. The number of hydrogen-bond acceptors (Lipinski definition) is 13. The first-order valence-electron chi connectivity index (χ1n) is 15.5. The van der Waals surface area contributed by atoms with E-state index in [-0.39, 0.29) is 67.6 Å². The Hall–Kier alpha value is -1.63. The number of benzene rings is 3. The first-order valence-corrected chi connectivity index (χ1v) is 18.3. The molecule has 15 nitrogen and oxygen atoms in total. The molecule has 0 atom stereocenters. The number of carboxylic acid groups (broad SMARTS) is 1. The summed E-state index contributed by atoms with van der Waals surface area (Å²) >= 11 is 6.99. The molecule has 0 aliphatic rings. The number of aliphatic carboxylic acids is 1. The van der Waals surface area contributed by atoms with E-state index < -0.39 is 16.2 Å². The fraction of sp³-hybridized carbons (Fsp3) is 0.441. The summed E-state index contributed by atoms with van der Waals surface area (Å²) in [7, 11) is 3.15. The molecule has 0 unspecified atom stereocenters. The molecule has 3 aromatic rings. The van der Waals surface area contributed by atoms with Gasteiger partial charge in [-0.2, -0.15) is 0 Å². The molecule has 0 aromatic heterocycles. The van der Waals surface area contributed by atoms with Crippen LogP contribution in [0.25, 0.3) is 0 Å². The molecule has 0 saturated heterocycles. The van der Waals surface area contributed by atoms with E-state index in [4.69, 9.17) is 18.6 Å². The van der Waals surface area contributed by atoms with E-state index in [9.17, 15) is 25.2 Å². The van der Waals surface area contributed by atoms with Gasteiger partial charge >= 0.3 is 33.0 Å². The minimum atomic E-state index is -4.94. The maximum Gasteiger partial charge on any atom is 2.00 e. The van der Waals surface area contributed by atoms with E-state index in [2.05, 4.69) is 51.5 Å². The third-order valence-corrected chi connectivity index (χ3v) is 8.03. The zero-order valence-corrected chi connectivity index (χ0v) is 36.8. The van der Waals surface area contributed by atoms with Crippen molar-refractivity contribution in [1.82, 2.24) is 19.6 Å². The second kappa shape index (κ2) is 29.6. The van der Waals surface area contributed by atoms with Gasteiger partial charge in [0, 0.05) is 72.8 Å². The molecule has 0 saturated carbocycles. The third-order valence-electron chi connectivity index (χ3n) is 7.04. The molecule has 0 aliphatic heterocycles. The van der Waals surface area contributed by atoms with Gasteiger partial charge in [-0.25, -0.2) is 18.6 Å². The second-order valence-corrected chi connectivity index (χ2v) is 14.7. The van der Waals surface area contributed by atoms with Crippen molar-refractivity contribution in [3.05, 3.63) is 85.3 Å². The number of carboxylic acids is 1. The fourth-order valence-electron chi connectivity index (χ4n) is 4.59. The Morgan fingerprint density at radius 1 is 0.685 bits per heavy atom. The Morgan fingerprint density at radius 2 is 1.04 bits per heavy atom.